The van der Waals surface area contributed by atoms with Crippen molar-refractivity contribution in [1.82, 2.24) is 10.2 Å². The molecule has 2 atom stereocenters. The van der Waals surface area contributed by atoms with Gasteiger partial charge in [0.15, 0.2) is 0 Å². The molecule has 0 aromatic rings. The first-order valence-electron chi connectivity index (χ1n) is 13.4. The largest absolute Gasteiger partial charge is 0.463 e. The maximum atomic E-state index is 13.9. The molecule has 196 valence electrons. The molecule has 0 unspecified atom stereocenters. The minimum atomic E-state index is -0.540. The van der Waals surface area contributed by atoms with E-state index in [0.29, 0.717) is 18.1 Å². The van der Waals surface area contributed by atoms with E-state index in [1.54, 1.807) is 25.8 Å². The van der Waals surface area contributed by atoms with Crippen LogP contribution in [0.1, 0.15) is 100 Å². The number of carbonyl (C=O) groups is 3. The molecular formula is C28H50N2O4. The van der Waals surface area contributed by atoms with Crippen LogP contribution in [0.4, 0.5) is 0 Å². The van der Waals surface area contributed by atoms with Gasteiger partial charge < -0.3 is 15.0 Å². The Bertz CT molecular complexity index is 703. The van der Waals surface area contributed by atoms with Gasteiger partial charge in [0, 0.05) is 18.0 Å². The van der Waals surface area contributed by atoms with Crippen molar-refractivity contribution >= 4 is 17.8 Å². The number of hydrogen-bond acceptors (Lipinski definition) is 4. The van der Waals surface area contributed by atoms with Crippen molar-refractivity contribution in [2.24, 2.45) is 23.2 Å². The molecule has 0 radical (unpaired) electrons. The van der Waals surface area contributed by atoms with Gasteiger partial charge in [0.05, 0.1) is 12.6 Å². The van der Waals surface area contributed by atoms with E-state index in [1.807, 2.05) is 19.9 Å². The maximum absolute atomic E-state index is 13.9. The lowest BCUT2D eigenvalue weighted by Crippen LogP contribution is -2.56. The van der Waals surface area contributed by atoms with Gasteiger partial charge >= 0.3 is 5.97 Å². The van der Waals surface area contributed by atoms with Gasteiger partial charge in [0.25, 0.3) is 0 Å². The second-order valence-electron chi connectivity index (χ2n) is 10.8. The lowest BCUT2D eigenvalue weighted by molar-refractivity contribution is -0.142. The molecule has 1 rings (SSSR count). The Hall–Kier alpha value is -1.85. The molecule has 0 aromatic carbocycles. The van der Waals surface area contributed by atoms with Crippen LogP contribution in [0.5, 0.6) is 0 Å². The number of likely N-dealkylation sites (N-methyl/N-ethyl adjacent to an activating group) is 1. The van der Waals surface area contributed by atoms with E-state index in [1.165, 1.54) is 0 Å². The van der Waals surface area contributed by atoms with Gasteiger partial charge in [-0.05, 0) is 63.7 Å². The Morgan fingerprint density at radius 1 is 1.06 bits per heavy atom. The van der Waals surface area contributed by atoms with Crippen LogP contribution in [0, 0.1) is 23.2 Å². The molecule has 0 aromatic heterocycles. The Morgan fingerprint density at radius 2 is 1.62 bits per heavy atom. The molecule has 1 N–H and O–H groups in total. The first kappa shape index (κ1) is 30.2. The number of hydrogen-bond donors (Lipinski definition) is 1. The number of ether oxygens (including phenoxy) is 1. The van der Waals surface area contributed by atoms with E-state index in [0.717, 1.165) is 44.9 Å². The van der Waals surface area contributed by atoms with Crippen molar-refractivity contribution in [3.05, 3.63) is 11.6 Å². The van der Waals surface area contributed by atoms with Crippen LogP contribution in [0.3, 0.4) is 0 Å². The molecule has 0 saturated heterocycles. The van der Waals surface area contributed by atoms with Crippen LogP contribution >= 0.6 is 0 Å². The smallest absolute Gasteiger partial charge is 0.333 e. The second-order valence-corrected chi connectivity index (χ2v) is 10.8. The third-order valence-electron chi connectivity index (χ3n) is 7.55. The van der Waals surface area contributed by atoms with Crippen LogP contribution in [0.15, 0.2) is 11.6 Å². The second kappa shape index (κ2) is 13.9. The average Bonchev–Trinajstić information content (AvgIpc) is 3.32. The van der Waals surface area contributed by atoms with Crippen molar-refractivity contribution in [3.63, 3.8) is 0 Å². The van der Waals surface area contributed by atoms with Gasteiger partial charge in [-0.1, -0.05) is 60.5 Å². The highest BCUT2D eigenvalue weighted by Crippen LogP contribution is 2.36. The van der Waals surface area contributed by atoms with E-state index < -0.39 is 11.5 Å². The molecule has 6 heteroatoms. The molecule has 1 fully saturated rings. The number of nitrogens with one attached hydrogen (secondary N) is 1. The zero-order valence-corrected chi connectivity index (χ0v) is 23.2. The lowest BCUT2D eigenvalue weighted by atomic mass is 9.74. The van der Waals surface area contributed by atoms with Crippen LogP contribution in [-0.4, -0.2) is 48.4 Å². The van der Waals surface area contributed by atoms with Crippen molar-refractivity contribution in [2.45, 2.75) is 112 Å². The van der Waals surface area contributed by atoms with Gasteiger partial charge in [0.2, 0.25) is 11.8 Å². The van der Waals surface area contributed by atoms with E-state index in [2.05, 4.69) is 33.0 Å². The van der Waals surface area contributed by atoms with E-state index >= 15 is 0 Å². The predicted molar refractivity (Wildman–Crippen MR) is 138 cm³/mol. The summed E-state index contributed by atoms with van der Waals surface area (Å²) in [5.74, 6) is 0.216. The average molecular weight is 479 g/mol. The molecule has 0 bridgehead atoms. The topological polar surface area (TPSA) is 75.7 Å². The predicted octanol–water partition coefficient (Wildman–Crippen LogP) is 5.51. The number of rotatable bonds is 13. The Balaban J connectivity index is 3.25. The quantitative estimate of drug-likeness (QED) is 0.280. The summed E-state index contributed by atoms with van der Waals surface area (Å²) in [5, 5.41) is 3.24. The minimum Gasteiger partial charge on any atom is -0.463 e. The van der Waals surface area contributed by atoms with E-state index in [9.17, 15) is 14.4 Å². The number of esters is 1. The first-order chi connectivity index (χ1) is 15.9. The summed E-state index contributed by atoms with van der Waals surface area (Å²) in [6, 6.07) is -0.808. The fourth-order valence-corrected chi connectivity index (χ4v) is 5.39. The van der Waals surface area contributed by atoms with Gasteiger partial charge in [-0.3, -0.25) is 9.59 Å². The number of carbonyl (C=O) groups excluding carboxylic acids is 3. The molecule has 6 nitrogen and oxygen atoms in total. The maximum Gasteiger partial charge on any atom is 0.333 e. The zero-order valence-electron chi connectivity index (χ0n) is 23.2. The number of nitrogens with zero attached hydrogens (tertiary/aromatic N) is 1. The molecule has 2 amide bonds. The summed E-state index contributed by atoms with van der Waals surface area (Å²) >= 11 is 0. The Labute approximate surface area is 208 Å². The zero-order chi connectivity index (χ0) is 26.1. The van der Waals surface area contributed by atoms with Crippen molar-refractivity contribution in [2.75, 3.05) is 13.7 Å². The molecule has 1 aliphatic carbocycles. The van der Waals surface area contributed by atoms with Crippen LogP contribution in [0.2, 0.25) is 0 Å². The van der Waals surface area contributed by atoms with Crippen LogP contribution in [-0.2, 0) is 19.1 Å². The normalized spacial score (nSPS) is 17.1. The SMILES string of the molecule is CCOC(=O)/C(C)=C/[C@H](C(C)C)N(C)C(=O)[C@@H](NC(=O)C(CC)(CC)CC(C)C)C1CCCC1. The van der Waals surface area contributed by atoms with Crippen molar-refractivity contribution in [1.29, 1.82) is 0 Å². The summed E-state index contributed by atoms with van der Waals surface area (Å²) < 4.78 is 5.13. The molecule has 34 heavy (non-hydrogen) atoms. The molecular weight excluding hydrogens is 428 g/mol. The standard InChI is InChI=1S/C28H50N2O4/c1-10-28(11-2,18-19(4)5)27(33)29-24(22-15-13-14-16-22)25(31)30(9)23(20(6)7)17-21(8)26(32)34-12-3/h17,19-20,22-24H,10-16,18H2,1-9H3,(H,29,33)/b21-17+/t23-,24+/m1/s1. The summed E-state index contributed by atoms with van der Waals surface area (Å²) in [6.07, 6.45) is 8.22. The monoisotopic (exact) mass is 478 g/mol. The highest BCUT2D eigenvalue weighted by molar-refractivity contribution is 5.91. The molecule has 0 spiro atoms. The fourth-order valence-electron chi connectivity index (χ4n) is 5.39. The summed E-state index contributed by atoms with van der Waals surface area (Å²) in [7, 11) is 1.79. The fraction of sp³-hybridized carbons (Fsp3) is 0.821. The van der Waals surface area contributed by atoms with E-state index in [4.69, 9.17) is 4.74 Å². The molecule has 1 saturated carbocycles. The van der Waals surface area contributed by atoms with Gasteiger partial charge in [-0.15, -0.1) is 0 Å². The third-order valence-corrected chi connectivity index (χ3v) is 7.55. The van der Waals surface area contributed by atoms with Gasteiger partial charge in [0.1, 0.15) is 6.04 Å². The molecule has 0 aliphatic heterocycles. The summed E-state index contributed by atoms with van der Waals surface area (Å²) in [6.45, 7) is 16.3. The van der Waals surface area contributed by atoms with Crippen molar-refractivity contribution < 1.29 is 19.1 Å². The Kier molecular flexibility index (Phi) is 12.3. The van der Waals surface area contributed by atoms with Gasteiger partial charge in [-0.25, -0.2) is 4.79 Å². The van der Waals surface area contributed by atoms with E-state index in [-0.39, 0.29) is 35.7 Å². The van der Waals surface area contributed by atoms with Crippen molar-refractivity contribution in [3.8, 4) is 0 Å². The molecule has 1 aliphatic rings. The minimum absolute atomic E-state index is 0.00388. The summed E-state index contributed by atoms with van der Waals surface area (Å²) in [5.41, 5.74) is 0.0383. The van der Waals surface area contributed by atoms with Crippen LogP contribution < -0.4 is 5.32 Å². The molecule has 0 heterocycles. The lowest BCUT2D eigenvalue weighted by Gasteiger charge is -2.38. The Morgan fingerprint density at radius 3 is 2.06 bits per heavy atom. The highest BCUT2D eigenvalue weighted by atomic mass is 16.5. The highest BCUT2D eigenvalue weighted by Gasteiger charge is 2.41. The third kappa shape index (κ3) is 7.84. The van der Waals surface area contributed by atoms with Crippen LogP contribution in [0.25, 0.3) is 0 Å². The summed E-state index contributed by atoms with van der Waals surface area (Å²) in [4.78, 5) is 41.4. The first-order valence-corrected chi connectivity index (χ1v) is 13.4. The van der Waals surface area contributed by atoms with Gasteiger partial charge in [-0.2, -0.15) is 0 Å². The number of amides is 2.